The molecule has 0 saturated heterocycles. The predicted molar refractivity (Wildman–Crippen MR) is 97.1 cm³/mol. The first kappa shape index (κ1) is 18.2. The summed E-state index contributed by atoms with van der Waals surface area (Å²) in [4.78, 5) is 13.5. The Bertz CT molecular complexity index is 884. The zero-order valence-corrected chi connectivity index (χ0v) is 15.2. The molecule has 138 valence electrons. The maximum Gasteiger partial charge on any atom is 0.240 e. The molecular formula is C18H20N2O5S. The Labute approximate surface area is 152 Å². The van der Waals surface area contributed by atoms with E-state index in [1.54, 1.807) is 18.2 Å². The molecule has 0 spiro atoms. The summed E-state index contributed by atoms with van der Waals surface area (Å²) in [5.41, 5.74) is 0.721. The van der Waals surface area contributed by atoms with Crippen LogP contribution in [-0.4, -0.2) is 40.6 Å². The number of anilines is 1. The van der Waals surface area contributed by atoms with E-state index in [9.17, 15) is 13.2 Å². The highest BCUT2D eigenvalue weighted by atomic mass is 32.2. The average Bonchev–Trinajstić information content (AvgIpc) is 2.65. The van der Waals surface area contributed by atoms with E-state index in [1.807, 2.05) is 18.2 Å². The predicted octanol–water partition coefficient (Wildman–Crippen LogP) is 1.79. The van der Waals surface area contributed by atoms with Crippen molar-refractivity contribution in [2.45, 2.75) is 11.8 Å². The summed E-state index contributed by atoms with van der Waals surface area (Å²) in [7, 11) is -3.72. The normalized spacial score (nSPS) is 13.3. The lowest BCUT2D eigenvalue weighted by molar-refractivity contribution is -0.116. The number of carbonyl (C=O) groups is 1. The van der Waals surface area contributed by atoms with Crippen molar-refractivity contribution < 1.29 is 22.7 Å². The van der Waals surface area contributed by atoms with Crippen molar-refractivity contribution >= 4 is 21.6 Å². The number of para-hydroxylation sites is 1. The van der Waals surface area contributed by atoms with Gasteiger partial charge in [0.1, 0.15) is 13.2 Å². The second-order valence-corrected chi connectivity index (χ2v) is 7.48. The van der Waals surface area contributed by atoms with E-state index in [0.717, 1.165) is 5.69 Å². The summed E-state index contributed by atoms with van der Waals surface area (Å²) in [6.07, 6.45) is 0. The lowest BCUT2D eigenvalue weighted by Gasteiger charge is -2.21. The van der Waals surface area contributed by atoms with Crippen molar-refractivity contribution in [3.8, 4) is 11.5 Å². The standard InChI is InChI=1S/C18H20N2O5S/c1-14(21)20(15-5-3-2-4-6-15)10-9-19-26(22,23)16-7-8-17-18(13-16)25-12-11-24-17/h2-8,13,19H,9-12H2,1H3. The molecule has 0 fully saturated rings. The van der Waals surface area contributed by atoms with E-state index in [1.165, 1.54) is 24.0 Å². The van der Waals surface area contributed by atoms with Gasteiger partial charge in [-0.15, -0.1) is 0 Å². The van der Waals surface area contributed by atoms with Crippen LogP contribution in [0.25, 0.3) is 0 Å². The molecule has 0 unspecified atom stereocenters. The number of amides is 1. The van der Waals surface area contributed by atoms with Gasteiger partial charge in [0.15, 0.2) is 11.5 Å². The molecule has 1 aliphatic heterocycles. The topological polar surface area (TPSA) is 84.9 Å². The molecule has 1 aliphatic rings. The van der Waals surface area contributed by atoms with Gasteiger partial charge in [-0.3, -0.25) is 4.79 Å². The van der Waals surface area contributed by atoms with Crippen LogP contribution in [0.3, 0.4) is 0 Å². The molecule has 0 saturated carbocycles. The van der Waals surface area contributed by atoms with Crippen LogP contribution in [0, 0.1) is 0 Å². The molecule has 0 bridgehead atoms. The number of nitrogens with zero attached hydrogens (tertiary/aromatic N) is 1. The molecule has 2 aromatic carbocycles. The van der Waals surface area contributed by atoms with E-state index in [0.29, 0.717) is 24.7 Å². The molecule has 3 rings (SSSR count). The molecule has 1 N–H and O–H groups in total. The van der Waals surface area contributed by atoms with Crippen molar-refractivity contribution in [2.24, 2.45) is 0 Å². The van der Waals surface area contributed by atoms with Crippen molar-refractivity contribution in [3.05, 3.63) is 48.5 Å². The zero-order valence-electron chi connectivity index (χ0n) is 14.3. The molecule has 1 heterocycles. The summed E-state index contributed by atoms with van der Waals surface area (Å²) >= 11 is 0. The highest BCUT2D eigenvalue weighted by molar-refractivity contribution is 7.89. The Balaban J connectivity index is 1.67. The average molecular weight is 376 g/mol. The summed E-state index contributed by atoms with van der Waals surface area (Å²) in [6, 6.07) is 13.6. The number of fused-ring (bicyclic) bond motifs is 1. The van der Waals surface area contributed by atoms with Crippen LogP contribution in [0.2, 0.25) is 0 Å². The third-order valence-electron chi connectivity index (χ3n) is 3.90. The summed E-state index contributed by atoms with van der Waals surface area (Å²) in [6.45, 7) is 2.59. The highest BCUT2D eigenvalue weighted by Gasteiger charge is 2.20. The summed E-state index contributed by atoms with van der Waals surface area (Å²) < 4.78 is 38.3. The Hall–Kier alpha value is -2.58. The van der Waals surface area contributed by atoms with E-state index in [-0.39, 0.29) is 23.9 Å². The minimum absolute atomic E-state index is 0.0885. The van der Waals surface area contributed by atoms with Crippen LogP contribution in [0.5, 0.6) is 11.5 Å². The van der Waals surface area contributed by atoms with Gasteiger partial charge >= 0.3 is 0 Å². The second-order valence-electron chi connectivity index (χ2n) is 5.71. The van der Waals surface area contributed by atoms with Gasteiger partial charge in [-0.1, -0.05) is 18.2 Å². The number of benzene rings is 2. The lowest BCUT2D eigenvalue weighted by atomic mass is 10.3. The first-order valence-corrected chi connectivity index (χ1v) is 9.68. The molecule has 0 radical (unpaired) electrons. The van der Waals surface area contributed by atoms with Crippen LogP contribution in [-0.2, 0) is 14.8 Å². The quantitative estimate of drug-likeness (QED) is 0.831. The van der Waals surface area contributed by atoms with Gasteiger partial charge in [0.2, 0.25) is 15.9 Å². The molecule has 0 aromatic heterocycles. The first-order valence-electron chi connectivity index (χ1n) is 8.20. The molecule has 1 amide bonds. The van der Waals surface area contributed by atoms with Crippen molar-refractivity contribution in [3.63, 3.8) is 0 Å². The van der Waals surface area contributed by atoms with Gasteiger partial charge in [-0.05, 0) is 24.3 Å². The van der Waals surface area contributed by atoms with Crippen molar-refractivity contribution in [2.75, 3.05) is 31.2 Å². The van der Waals surface area contributed by atoms with Crippen LogP contribution in [0.4, 0.5) is 5.69 Å². The van der Waals surface area contributed by atoms with Gasteiger partial charge < -0.3 is 14.4 Å². The summed E-state index contributed by atoms with van der Waals surface area (Å²) in [5.74, 6) is 0.783. The van der Waals surface area contributed by atoms with E-state index in [4.69, 9.17) is 9.47 Å². The maximum atomic E-state index is 12.5. The van der Waals surface area contributed by atoms with Gasteiger partial charge in [-0.2, -0.15) is 0 Å². The molecule has 0 atom stereocenters. The third kappa shape index (κ3) is 4.14. The lowest BCUT2D eigenvalue weighted by Crippen LogP contribution is -2.37. The Kier molecular flexibility index (Phi) is 5.43. The number of hydrogen-bond acceptors (Lipinski definition) is 5. The van der Waals surface area contributed by atoms with E-state index in [2.05, 4.69) is 4.72 Å². The first-order chi connectivity index (χ1) is 12.5. The minimum Gasteiger partial charge on any atom is -0.486 e. The fraction of sp³-hybridized carbons (Fsp3) is 0.278. The Morgan fingerprint density at radius 2 is 1.77 bits per heavy atom. The number of rotatable bonds is 6. The van der Waals surface area contributed by atoms with Crippen molar-refractivity contribution in [1.82, 2.24) is 4.72 Å². The van der Waals surface area contributed by atoms with Gasteiger partial charge in [-0.25, -0.2) is 13.1 Å². The number of ether oxygens (including phenoxy) is 2. The number of sulfonamides is 1. The monoisotopic (exact) mass is 376 g/mol. The van der Waals surface area contributed by atoms with Gasteiger partial charge in [0, 0.05) is 31.8 Å². The van der Waals surface area contributed by atoms with Gasteiger partial charge in [0.25, 0.3) is 0 Å². The SMILES string of the molecule is CC(=O)N(CCNS(=O)(=O)c1ccc2c(c1)OCCO2)c1ccccc1. The zero-order chi connectivity index (χ0) is 18.6. The fourth-order valence-corrected chi connectivity index (χ4v) is 3.68. The number of carbonyl (C=O) groups excluding carboxylic acids is 1. The summed E-state index contributed by atoms with van der Waals surface area (Å²) in [5, 5.41) is 0. The van der Waals surface area contributed by atoms with Crippen LogP contribution in [0.15, 0.2) is 53.4 Å². The molecule has 26 heavy (non-hydrogen) atoms. The highest BCUT2D eigenvalue weighted by Crippen LogP contribution is 2.32. The van der Waals surface area contributed by atoms with E-state index >= 15 is 0 Å². The van der Waals surface area contributed by atoms with Crippen molar-refractivity contribution in [1.29, 1.82) is 0 Å². The largest absolute Gasteiger partial charge is 0.486 e. The fourth-order valence-electron chi connectivity index (χ4n) is 2.64. The second kappa shape index (κ2) is 7.76. The molecular weight excluding hydrogens is 356 g/mol. The van der Waals surface area contributed by atoms with Crippen LogP contribution in [0.1, 0.15) is 6.92 Å². The van der Waals surface area contributed by atoms with E-state index < -0.39 is 10.0 Å². The third-order valence-corrected chi connectivity index (χ3v) is 5.36. The maximum absolute atomic E-state index is 12.5. The molecule has 7 nitrogen and oxygen atoms in total. The van der Waals surface area contributed by atoms with Crippen LogP contribution >= 0.6 is 0 Å². The minimum atomic E-state index is -3.72. The smallest absolute Gasteiger partial charge is 0.240 e. The Morgan fingerprint density at radius 3 is 2.46 bits per heavy atom. The molecule has 8 heteroatoms. The molecule has 2 aromatic rings. The van der Waals surface area contributed by atoms with Crippen LogP contribution < -0.4 is 19.1 Å². The Morgan fingerprint density at radius 1 is 1.08 bits per heavy atom. The number of nitrogens with one attached hydrogen (secondary N) is 1. The molecule has 0 aliphatic carbocycles. The number of hydrogen-bond donors (Lipinski definition) is 1. The van der Waals surface area contributed by atoms with Gasteiger partial charge in [0.05, 0.1) is 4.90 Å².